The van der Waals surface area contributed by atoms with Crippen LogP contribution >= 0.6 is 0 Å². The highest BCUT2D eigenvalue weighted by molar-refractivity contribution is 5.70. The molecule has 1 fully saturated rings. The summed E-state index contributed by atoms with van der Waals surface area (Å²) in [5.74, 6) is -0.153. The van der Waals surface area contributed by atoms with Crippen LogP contribution in [0.1, 0.15) is 252 Å². The second kappa shape index (κ2) is 46.3. The molecule has 0 aliphatic carbocycles. The number of unbranched alkanes of at least 4 members (excludes halogenated alkanes) is 24. The molecule has 2 atom stereocenters. The first-order chi connectivity index (χ1) is 30.7. The SMILES string of the molecule is CCCCCCCCC(CCCCCCCC)OC(=O)CCCCCCCOC=O.CCCCCCCCCCCOC(=O)CCCCCN1CCC(OC(=O)CC(C)N(C)C)C1. The van der Waals surface area contributed by atoms with Crippen LogP contribution in [0.4, 0.5) is 0 Å². The first-order valence-electron chi connectivity index (χ1n) is 26.6. The maximum atomic E-state index is 12.3. The van der Waals surface area contributed by atoms with E-state index in [9.17, 15) is 19.2 Å². The van der Waals surface area contributed by atoms with Crippen LogP contribution in [0.2, 0.25) is 0 Å². The van der Waals surface area contributed by atoms with Crippen LogP contribution in [0.3, 0.4) is 0 Å². The van der Waals surface area contributed by atoms with E-state index < -0.39 is 0 Å². The number of likely N-dealkylation sites (tertiary alicyclic amines) is 1. The number of hydrogen-bond donors (Lipinski definition) is 0. The van der Waals surface area contributed by atoms with Crippen molar-refractivity contribution in [3.63, 3.8) is 0 Å². The summed E-state index contributed by atoms with van der Waals surface area (Å²) >= 11 is 0. The van der Waals surface area contributed by atoms with E-state index in [1.807, 2.05) is 25.9 Å². The molecule has 0 aromatic rings. The molecule has 10 heteroatoms. The highest BCUT2D eigenvalue weighted by Gasteiger charge is 2.26. The number of carbonyl (C=O) groups is 4. The van der Waals surface area contributed by atoms with Gasteiger partial charge in [-0.2, -0.15) is 0 Å². The molecule has 10 nitrogen and oxygen atoms in total. The van der Waals surface area contributed by atoms with Gasteiger partial charge in [-0.1, -0.05) is 162 Å². The zero-order valence-corrected chi connectivity index (χ0v) is 42.3. The van der Waals surface area contributed by atoms with Gasteiger partial charge in [0.05, 0.1) is 19.6 Å². The van der Waals surface area contributed by atoms with Crippen molar-refractivity contribution in [3.05, 3.63) is 0 Å². The van der Waals surface area contributed by atoms with Gasteiger partial charge in [-0.3, -0.25) is 24.1 Å². The molecular weight excluding hydrogens is 793 g/mol. The predicted molar refractivity (Wildman–Crippen MR) is 261 cm³/mol. The lowest BCUT2D eigenvalue weighted by atomic mass is 10.0. The zero-order valence-electron chi connectivity index (χ0n) is 42.3. The van der Waals surface area contributed by atoms with Crippen molar-refractivity contribution in [3.8, 4) is 0 Å². The maximum absolute atomic E-state index is 12.3. The number of esters is 3. The molecule has 1 aliphatic rings. The Hall–Kier alpha value is -2.20. The number of hydrogen-bond acceptors (Lipinski definition) is 10. The van der Waals surface area contributed by atoms with Gasteiger partial charge in [-0.05, 0) is 91.8 Å². The highest BCUT2D eigenvalue weighted by atomic mass is 16.5. The van der Waals surface area contributed by atoms with Crippen LogP contribution in [0, 0.1) is 0 Å². The van der Waals surface area contributed by atoms with E-state index in [2.05, 4.69) is 30.4 Å². The lowest BCUT2D eigenvalue weighted by Crippen LogP contribution is -2.30. The molecule has 0 aromatic heterocycles. The van der Waals surface area contributed by atoms with E-state index in [1.165, 1.54) is 128 Å². The van der Waals surface area contributed by atoms with Crippen molar-refractivity contribution >= 4 is 24.4 Å². The zero-order chi connectivity index (χ0) is 46.4. The van der Waals surface area contributed by atoms with E-state index >= 15 is 0 Å². The molecule has 0 radical (unpaired) electrons. The van der Waals surface area contributed by atoms with Gasteiger partial charge in [0.25, 0.3) is 6.47 Å². The van der Waals surface area contributed by atoms with Crippen molar-refractivity contribution in [2.24, 2.45) is 0 Å². The first kappa shape index (κ1) is 60.8. The van der Waals surface area contributed by atoms with Crippen molar-refractivity contribution < 1.29 is 38.1 Å². The standard InChI is InChI=1S/C27H52N2O4.C26H50O4/c1-5-6-7-8-9-10-11-12-16-21-32-26(30)17-14-13-15-19-29-20-18-25(23-29)33-27(31)22-24(2)28(3)4;1-3-5-7-9-12-16-20-25(21-17-13-10-8-6-4-2)30-26(28)22-18-14-11-15-19-23-29-24-27/h24-25H,5-23H2,1-4H3;24-25H,3-23H2,1-2H3. The van der Waals surface area contributed by atoms with Crippen molar-refractivity contribution in [1.29, 1.82) is 0 Å². The minimum Gasteiger partial charge on any atom is -0.468 e. The Labute approximate surface area is 388 Å². The molecule has 372 valence electrons. The largest absolute Gasteiger partial charge is 0.468 e. The molecule has 0 saturated carbocycles. The quantitative estimate of drug-likeness (QED) is 0.0254. The van der Waals surface area contributed by atoms with Crippen LogP contribution in [0.5, 0.6) is 0 Å². The Kier molecular flexibility index (Phi) is 44.7. The maximum Gasteiger partial charge on any atom is 0.307 e. The second-order valence-electron chi connectivity index (χ2n) is 18.8. The third-order valence-corrected chi connectivity index (χ3v) is 12.5. The molecule has 1 aliphatic heterocycles. The first-order valence-corrected chi connectivity index (χ1v) is 26.6. The van der Waals surface area contributed by atoms with Crippen molar-refractivity contribution in [2.45, 2.75) is 271 Å². The van der Waals surface area contributed by atoms with E-state index in [-0.39, 0.29) is 36.2 Å². The minimum absolute atomic E-state index is 0.0127. The summed E-state index contributed by atoms with van der Waals surface area (Å²) in [4.78, 5) is 50.7. The fraction of sp³-hybridized carbons (Fsp3) is 0.925. The molecule has 0 aromatic carbocycles. The molecule has 63 heavy (non-hydrogen) atoms. The summed E-state index contributed by atoms with van der Waals surface area (Å²) in [6, 6.07) is 0.201. The van der Waals surface area contributed by atoms with E-state index in [1.54, 1.807) is 0 Å². The lowest BCUT2D eigenvalue weighted by molar-refractivity contribution is -0.150. The average Bonchev–Trinajstić information content (AvgIpc) is 3.71. The van der Waals surface area contributed by atoms with Crippen molar-refractivity contribution in [1.82, 2.24) is 9.80 Å². The fourth-order valence-electron chi connectivity index (χ4n) is 8.05. The summed E-state index contributed by atoms with van der Waals surface area (Å²) < 4.78 is 21.6. The summed E-state index contributed by atoms with van der Waals surface area (Å²) in [6.07, 6.45) is 39.5. The van der Waals surface area contributed by atoms with Gasteiger partial charge in [0.1, 0.15) is 12.2 Å². The molecule has 0 amide bonds. The molecule has 0 spiro atoms. The van der Waals surface area contributed by atoms with Crippen molar-refractivity contribution in [2.75, 3.05) is 46.9 Å². The summed E-state index contributed by atoms with van der Waals surface area (Å²) in [5.41, 5.74) is 0. The van der Waals surface area contributed by atoms with Crippen LogP contribution < -0.4 is 0 Å². The molecule has 0 bridgehead atoms. The van der Waals surface area contributed by atoms with Gasteiger partial charge in [-0.15, -0.1) is 0 Å². The third-order valence-electron chi connectivity index (χ3n) is 12.5. The summed E-state index contributed by atoms with van der Waals surface area (Å²) in [7, 11) is 3.96. The Balaban J connectivity index is 0.00000123. The lowest BCUT2D eigenvalue weighted by Gasteiger charge is -2.20. The molecule has 1 saturated heterocycles. The number of rotatable bonds is 44. The predicted octanol–water partition coefficient (Wildman–Crippen LogP) is 13.5. The molecule has 1 heterocycles. The Morgan fingerprint density at radius 2 is 1.05 bits per heavy atom. The van der Waals surface area contributed by atoms with Crippen LogP contribution in [-0.2, 0) is 38.1 Å². The summed E-state index contributed by atoms with van der Waals surface area (Å²) in [6.45, 7) is 13.2. The van der Waals surface area contributed by atoms with E-state index in [0.717, 1.165) is 96.7 Å². The number of carbonyl (C=O) groups excluding carboxylic acids is 4. The Bertz CT molecular complexity index is 1030. The molecule has 2 unspecified atom stereocenters. The number of ether oxygens (including phenoxy) is 4. The average molecular weight is 895 g/mol. The van der Waals surface area contributed by atoms with Crippen LogP contribution in [0.15, 0.2) is 0 Å². The van der Waals surface area contributed by atoms with Crippen LogP contribution in [-0.4, -0.2) is 99.4 Å². The summed E-state index contributed by atoms with van der Waals surface area (Å²) in [5, 5.41) is 0. The van der Waals surface area contributed by atoms with Gasteiger partial charge in [-0.25, -0.2) is 0 Å². The Morgan fingerprint density at radius 3 is 1.57 bits per heavy atom. The topological polar surface area (TPSA) is 112 Å². The van der Waals surface area contributed by atoms with Gasteiger partial charge < -0.3 is 23.8 Å². The van der Waals surface area contributed by atoms with E-state index in [0.29, 0.717) is 38.9 Å². The molecular formula is C53H102N2O8. The minimum atomic E-state index is -0.0935. The molecule has 1 rings (SSSR count). The Morgan fingerprint density at radius 1 is 0.587 bits per heavy atom. The number of nitrogens with zero attached hydrogens (tertiary/aromatic N) is 2. The monoisotopic (exact) mass is 895 g/mol. The third kappa shape index (κ3) is 42.2. The van der Waals surface area contributed by atoms with Crippen LogP contribution in [0.25, 0.3) is 0 Å². The van der Waals surface area contributed by atoms with Gasteiger partial charge in [0.15, 0.2) is 0 Å². The van der Waals surface area contributed by atoms with Gasteiger partial charge in [0, 0.05) is 32.0 Å². The fourth-order valence-corrected chi connectivity index (χ4v) is 8.05. The second-order valence-corrected chi connectivity index (χ2v) is 18.8. The van der Waals surface area contributed by atoms with Gasteiger partial charge in [0.2, 0.25) is 0 Å². The highest BCUT2D eigenvalue weighted by Crippen LogP contribution is 2.19. The smallest absolute Gasteiger partial charge is 0.307 e. The van der Waals surface area contributed by atoms with E-state index in [4.69, 9.17) is 14.2 Å². The normalized spacial score (nSPS) is 14.4. The molecule has 0 N–H and O–H groups in total. The van der Waals surface area contributed by atoms with Gasteiger partial charge >= 0.3 is 17.9 Å².